The highest BCUT2D eigenvalue weighted by molar-refractivity contribution is 7.80. The molecule has 2 aliphatic rings. The van der Waals surface area contributed by atoms with E-state index in [0.29, 0.717) is 31.0 Å². The Labute approximate surface area is 437 Å². The van der Waals surface area contributed by atoms with Crippen LogP contribution in [-0.2, 0) is 43.0 Å². The standard InChI is InChI=1S/C55H108O16S/c1-37(2)17-11-19-39(5)21-13-23-41(7)25-15-27-43(9)29-31-65-34-45(66-32-30-44(10)28-16-26-42(8)24-14-22-40(6)20-12-18-38(3)4)35-67-54-52(61)50(59)53(46(33-56)69-54)71-55-51(60)49(58)48(57)47(70-55)36-68-72(62,63)64/h37-61H,11-36H2,1-10H3,(H,62,63,64)/t39?,40?,41?,42?,43?,44?,45?,46?,47?,48?,49-,50+,51?,52?,53?,54+,55-/m0/s1. The lowest BCUT2D eigenvalue weighted by Gasteiger charge is -2.46. The smallest absolute Gasteiger partial charge is 0.394 e. The summed E-state index contributed by atoms with van der Waals surface area (Å²) in [7, 11) is -4.95. The van der Waals surface area contributed by atoms with Gasteiger partial charge in [0, 0.05) is 13.2 Å². The Morgan fingerprint density at radius 2 is 0.875 bits per heavy atom. The molecule has 0 spiro atoms. The molecule has 0 amide bonds. The van der Waals surface area contributed by atoms with Gasteiger partial charge in [-0.1, -0.05) is 185 Å². The van der Waals surface area contributed by atoms with Crippen molar-refractivity contribution in [2.75, 3.05) is 39.6 Å². The van der Waals surface area contributed by atoms with Crippen LogP contribution < -0.4 is 0 Å². The third-order valence-electron chi connectivity index (χ3n) is 15.2. The number of ether oxygens (including phenoxy) is 6. The van der Waals surface area contributed by atoms with Crippen molar-refractivity contribution in [1.82, 2.24) is 0 Å². The molecule has 72 heavy (non-hydrogen) atoms. The maximum atomic E-state index is 11.2. The van der Waals surface area contributed by atoms with Gasteiger partial charge < -0.3 is 59.1 Å². The molecule has 16 nitrogen and oxygen atoms in total. The normalized spacial score (nSPS) is 28.3. The van der Waals surface area contributed by atoms with Crippen LogP contribution in [0.1, 0.15) is 198 Å². The van der Waals surface area contributed by atoms with Crippen LogP contribution in [0.5, 0.6) is 0 Å². The summed E-state index contributed by atoms with van der Waals surface area (Å²) in [5, 5.41) is 64.1. The molecule has 0 aromatic rings. The topological polar surface area (TPSA) is 240 Å². The first-order chi connectivity index (χ1) is 34.0. The second kappa shape index (κ2) is 37.2. The molecule has 2 fully saturated rings. The van der Waals surface area contributed by atoms with Gasteiger partial charge in [-0.3, -0.25) is 4.55 Å². The second-order valence-corrected chi connectivity index (χ2v) is 24.6. The van der Waals surface area contributed by atoms with E-state index in [-0.39, 0.29) is 13.2 Å². The van der Waals surface area contributed by atoms with Crippen LogP contribution in [0.4, 0.5) is 0 Å². The third kappa shape index (κ3) is 29.2. The van der Waals surface area contributed by atoms with Crippen LogP contribution in [0, 0.1) is 47.3 Å². The monoisotopic (exact) mass is 1060 g/mol. The van der Waals surface area contributed by atoms with Crippen LogP contribution in [-0.4, -0.2) is 151 Å². The van der Waals surface area contributed by atoms with E-state index in [4.69, 9.17) is 33.0 Å². The largest absolute Gasteiger partial charge is 0.397 e. The Morgan fingerprint density at radius 1 is 0.472 bits per heavy atom. The summed E-state index contributed by atoms with van der Waals surface area (Å²) in [5.41, 5.74) is 0. The van der Waals surface area contributed by atoms with Gasteiger partial charge in [-0.25, -0.2) is 4.18 Å². The fourth-order valence-corrected chi connectivity index (χ4v) is 10.3. The number of aliphatic hydroxyl groups excluding tert-OH is 6. The molecule has 2 rings (SSSR count). The first-order valence-corrected chi connectivity index (χ1v) is 29.8. The van der Waals surface area contributed by atoms with E-state index < -0.39 is 91.1 Å². The zero-order chi connectivity index (χ0) is 53.8. The molecule has 2 saturated heterocycles. The first kappa shape index (κ1) is 67.5. The van der Waals surface area contributed by atoms with E-state index in [2.05, 4.69) is 73.4 Å². The van der Waals surface area contributed by atoms with E-state index >= 15 is 0 Å². The minimum absolute atomic E-state index is 0.0610. The highest BCUT2D eigenvalue weighted by Gasteiger charge is 2.51. The lowest BCUT2D eigenvalue weighted by atomic mass is 9.91. The zero-order valence-corrected chi connectivity index (χ0v) is 47.4. The van der Waals surface area contributed by atoms with E-state index in [1.165, 1.54) is 103 Å². The van der Waals surface area contributed by atoms with Gasteiger partial charge in [-0.2, -0.15) is 8.42 Å². The van der Waals surface area contributed by atoms with Gasteiger partial charge in [0.05, 0.1) is 26.4 Å². The third-order valence-corrected chi connectivity index (χ3v) is 15.6. The number of hydrogen-bond donors (Lipinski definition) is 7. The number of hydrogen-bond acceptors (Lipinski definition) is 15. The summed E-state index contributed by atoms with van der Waals surface area (Å²) in [6, 6.07) is 0. The molecular weight excluding hydrogens is 949 g/mol. The highest BCUT2D eigenvalue weighted by atomic mass is 32.3. The predicted molar refractivity (Wildman–Crippen MR) is 280 cm³/mol. The van der Waals surface area contributed by atoms with Crippen LogP contribution in [0.3, 0.4) is 0 Å². The molecule has 2 heterocycles. The Kier molecular flexibility index (Phi) is 34.9. The summed E-state index contributed by atoms with van der Waals surface area (Å²) in [4.78, 5) is 0. The van der Waals surface area contributed by atoms with Crippen LogP contribution in [0.2, 0.25) is 0 Å². The molecule has 17 heteroatoms. The average Bonchev–Trinajstić information content (AvgIpc) is 3.30. The molecule has 0 aromatic carbocycles. The molecule has 0 aliphatic carbocycles. The van der Waals surface area contributed by atoms with Crippen molar-refractivity contribution < 1.29 is 76.2 Å². The quantitative estimate of drug-likeness (QED) is 0.0223. The molecule has 17 atom stereocenters. The molecule has 13 unspecified atom stereocenters. The lowest BCUT2D eigenvalue weighted by Crippen LogP contribution is -2.64. The molecular formula is C55H108O16S. The van der Waals surface area contributed by atoms with Crippen molar-refractivity contribution in [3.8, 4) is 0 Å². The van der Waals surface area contributed by atoms with Crippen molar-refractivity contribution in [1.29, 1.82) is 0 Å². The van der Waals surface area contributed by atoms with Gasteiger partial charge in [0.2, 0.25) is 0 Å². The van der Waals surface area contributed by atoms with Crippen LogP contribution >= 0.6 is 0 Å². The van der Waals surface area contributed by atoms with Gasteiger partial charge in [0.25, 0.3) is 0 Å². The van der Waals surface area contributed by atoms with Gasteiger partial charge >= 0.3 is 10.4 Å². The molecule has 7 N–H and O–H groups in total. The predicted octanol–water partition coefficient (Wildman–Crippen LogP) is 8.79. The first-order valence-electron chi connectivity index (χ1n) is 28.4. The number of aliphatic hydroxyl groups is 6. The molecule has 0 bridgehead atoms. The average molecular weight is 1060 g/mol. The second-order valence-electron chi connectivity index (χ2n) is 23.5. The molecule has 430 valence electrons. The Bertz CT molecular complexity index is 1440. The van der Waals surface area contributed by atoms with Crippen LogP contribution in [0.25, 0.3) is 0 Å². The number of rotatable bonds is 42. The minimum Gasteiger partial charge on any atom is -0.394 e. The van der Waals surface area contributed by atoms with Crippen molar-refractivity contribution >= 4 is 10.4 Å². The highest BCUT2D eigenvalue weighted by Crippen LogP contribution is 2.31. The molecule has 0 radical (unpaired) electrons. The Hall–Kier alpha value is -0.610. The summed E-state index contributed by atoms with van der Waals surface area (Å²) in [5.74, 6) is 5.57. The summed E-state index contributed by atoms with van der Waals surface area (Å²) in [6.45, 7) is 22.8. The Morgan fingerprint density at radius 3 is 1.31 bits per heavy atom. The van der Waals surface area contributed by atoms with Crippen molar-refractivity contribution in [3.05, 3.63) is 0 Å². The van der Waals surface area contributed by atoms with Gasteiger partial charge in [-0.15, -0.1) is 0 Å². The maximum Gasteiger partial charge on any atom is 0.397 e. The van der Waals surface area contributed by atoms with E-state index in [0.717, 1.165) is 55.3 Å². The Balaban J connectivity index is 1.92. The van der Waals surface area contributed by atoms with E-state index in [1.54, 1.807) is 0 Å². The summed E-state index contributed by atoms with van der Waals surface area (Å²) < 4.78 is 71.1. The van der Waals surface area contributed by atoms with Crippen molar-refractivity contribution in [2.45, 2.75) is 265 Å². The molecule has 2 aliphatic heterocycles. The van der Waals surface area contributed by atoms with E-state index in [1.807, 2.05) is 0 Å². The maximum absolute atomic E-state index is 11.2. The van der Waals surface area contributed by atoms with Gasteiger partial charge in [0.15, 0.2) is 12.6 Å². The van der Waals surface area contributed by atoms with Gasteiger partial charge in [0.1, 0.15) is 54.9 Å². The fraction of sp³-hybridized carbons (Fsp3) is 1.00. The van der Waals surface area contributed by atoms with E-state index in [9.17, 15) is 39.1 Å². The van der Waals surface area contributed by atoms with Crippen molar-refractivity contribution in [2.24, 2.45) is 47.3 Å². The summed E-state index contributed by atoms with van der Waals surface area (Å²) in [6.07, 6.45) is 7.17. The minimum atomic E-state index is -4.95. The summed E-state index contributed by atoms with van der Waals surface area (Å²) >= 11 is 0. The SMILES string of the molecule is CC(C)CCCC(C)CCCC(C)CCCC(C)CCOCC(CO[C@@H]1OC(CO)C(O[C@@H]2OC(COS(=O)(=O)O)C(O)[C@H](O)C2O)[C@H](O)C1O)OCCC(C)CCCC(C)CCCC(C)CCCC(C)C. The van der Waals surface area contributed by atoms with Gasteiger partial charge in [-0.05, 0) is 60.2 Å². The zero-order valence-electron chi connectivity index (χ0n) is 46.6. The molecule has 0 saturated carbocycles. The van der Waals surface area contributed by atoms with Crippen LogP contribution in [0.15, 0.2) is 0 Å². The molecule has 0 aromatic heterocycles. The fourth-order valence-electron chi connectivity index (χ4n) is 9.99. The lowest BCUT2D eigenvalue weighted by molar-refractivity contribution is -0.360. The van der Waals surface area contributed by atoms with Crippen molar-refractivity contribution in [3.63, 3.8) is 0 Å².